The number of nitrogens with zero attached hydrogens (tertiary/aromatic N) is 2. The summed E-state index contributed by atoms with van der Waals surface area (Å²) in [6, 6.07) is 13.2. The maximum absolute atomic E-state index is 12.1. The molecule has 0 bridgehead atoms. The molecule has 0 aliphatic heterocycles. The number of aryl methyl sites for hydroxylation is 3. The van der Waals surface area contributed by atoms with Crippen molar-refractivity contribution in [2.24, 2.45) is 0 Å². The number of aromatic nitrogens is 2. The van der Waals surface area contributed by atoms with Crippen LogP contribution in [0.4, 0.5) is 0 Å². The lowest BCUT2D eigenvalue weighted by Crippen LogP contribution is -2.36. The number of rotatable bonds is 8. The lowest BCUT2D eigenvalue weighted by molar-refractivity contribution is -0.123. The van der Waals surface area contributed by atoms with E-state index in [1.807, 2.05) is 63.2 Å². The minimum Gasteiger partial charge on any atom is -0.484 e. The van der Waals surface area contributed by atoms with E-state index in [4.69, 9.17) is 9.26 Å². The van der Waals surface area contributed by atoms with Crippen LogP contribution in [0.1, 0.15) is 27.4 Å². The van der Waals surface area contributed by atoms with Gasteiger partial charge in [0.2, 0.25) is 5.82 Å². The second kappa shape index (κ2) is 9.69. The Morgan fingerprint density at radius 2 is 1.80 bits per heavy atom. The molecule has 0 saturated heterocycles. The summed E-state index contributed by atoms with van der Waals surface area (Å²) in [7, 11) is 0. The van der Waals surface area contributed by atoms with Gasteiger partial charge in [0, 0.05) is 18.7 Å². The van der Waals surface area contributed by atoms with E-state index in [9.17, 15) is 9.59 Å². The van der Waals surface area contributed by atoms with Crippen molar-refractivity contribution in [3.8, 4) is 17.1 Å². The van der Waals surface area contributed by atoms with Crippen molar-refractivity contribution >= 4 is 11.8 Å². The second-order valence-electron chi connectivity index (χ2n) is 6.93. The third-order valence-electron chi connectivity index (χ3n) is 4.48. The van der Waals surface area contributed by atoms with Crippen LogP contribution in [0.5, 0.6) is 5.75 Å². The highest BCUT2D eigenvalue weighted by molar-refractivity contribution is 5.89. The van der Waals surface area contributed by atoms with Crippen LogP contribution in [0.15, 0.2) is 47.0 Å². The molecule has 0 radical (unpaired) electrons. The third kappa shape index (κ3) is 5.66. The molecule has 0 atom stereocenters. The van der Waals surface area contributed by atoms with Crippen molar-refractivity contribution in [2.75, 3.05) is 19.7 Å². The second-order valence-corrected chi connectivity index (χ2v) is 6.93. The maximum Gasteiger partial charge on any atom is 0.316 e. The van der Waals surface area contributed by atoms with Crippen LogP contribution in [0.2, 0.25) is 0 Å². The number of carbonyl (C=O) groups excluding carboxylic acids is 2. The molecular formula is C22H24N4O4. The lowest BCUT2D eigenvalue weighted by atomic mass is 10.1. The summed E-state index contributed by atoms with van der Waals surface area (Å²) in [6.07, 6.45) is 0. The Balaban J connectivity index is 1.39. The van der Waals surface area contributed by atoms with E-state index in [1.54, 1.807) is 0 Å². The average Bonchev–Trinajstić information content (AvgIpc) is 3.22. The summed E-state index contributed by atoms with van der Waals surface area (Å²) in [5.74, 6) is 0.0861. The Kier molecular flexibility index (Phi) is 6.79. The van der Waals surface area contributed by atoms with Crippen LogP contribution in [0.3, 0.4) is 0 Å². The molecule has 0 saturated carbocycles. The summed E-state index contributed by atoms with van der Waals surface area (Å²) in [4.78, 5) is 28.1. The SMILES string of the molecule is Cc1cccc(-c2noc(C(=O)NCCNC(=O)COc3ccc(C)c(C)c3)n2)c1. The fraction of sp³-hybridized carbons (Fsp3) is 0.273. The highest BCUT2D eigenvalue weighted by Crippen LogP contribution is 2.17. The monoisotopic (exact) mass is 408 g/mol. The minimum atomic E-state index is -0.498. The van der Waals surface area contributed by atoms with Gasteiger partial charge >= 0.3 is 11.8 Å². The van der Waals surface area contributed by atoms with E-state index in [0.717, 1.165) is 22.3 Å². The third-order valence-corrected chi connectivity index (χ3v) is 4.48. The molecule has 3 aromatic rings. The molecule has 0 fully saturated rings. The molecule has 2 aromatic carbocycles. The molecule has 0 aliphatic rings. The predicted octanol–water partition coefficient (Wildman–Crippen LogP) is 2.59. The fourth-order valence-corrected chi connectivity index (χ4v) is 2.67. The Bertz CT molecular complexity index is 1050. The number of carbonyl (C=O) groups is 2. The molecule has 8 heteroatoms. The van der Waals surface area contributed by atoms with Crippen LogP contribution in [0.25, 0.3) is 11.4 Å². The minimum absolute atomic E-state index is 0.0973. The average molecular weight is 408 g/mol. The molecule has 0 spiro atoms. The van der Waals surface area contributed by atoms with Crippen molar-refractivity contribution in [1.29, 1.82) is 0 Å². The zero-order chi connectivity index (χ0) is 21.5. The van der Waals surface area contributed by atoms with E-state index in [0.29, 0.717) is 11.6 Å². The van der Waals surface area contributed by atoms with Gasteiger partial charge in [-0.15, -0.1) is 0 Å². The molecular weight excluding hydrogens is 384 g/mol. The Morgan fingerprint density at radius 1 is 1.00 bits per heavy atom. The number of hydrogen-bond donors (Lipinski definition) is 2. The molecule has 0 unspecified atom stereocenters. The van der Waals surface area contributed by atoms with Gasteiger partial charge in [-0.05, 0) is 50.1 Å². The summed E-state index contributed by atoms with van der Waals surface area (Å²) < 4.78 is 10.5. The Labute approximate surface area is 174 Å². The molecule has 1 heterocycles. The maximum atomic E-state index is 12.1. The van der Waals surface area contributed by atoms with Gasteiger partial charge in [-0.3, -0.25) is 9.59 Å². The lowest BCUT2D eigenvalue weighted by Gasteiger charge is -2.09. The van der Waals surface area contributed by atoms with E-state index >= 15 is 0 Å². The normalized spacial score (nSPS) is 10.5. The predicted molar refractivity (Wildman–Crippen MR) is 111 cm³/mol. The van der Waals surface area contributed by atoms with Crippen LogP contribution in [0, 0.1) is 20.8 Å². The molecule has 3 rings (SSSR count). The molecule has 0 aliphatic carbocycles. The van der Waals surface area contributed by atoms with Gasteiger partial charge in [0.1, 0.15) is 5.75 Å². The Hall–Kier alpha value is -3.68. The van der Waals surface area contributed by atoms with Crippen molar-refractivity contribution < 1.29 is 18.8 Å². The molecule has 156 valence electrons. The topological polar surface area (TPSA) is 106 Å². The van der Waals surface area contributed by atoms with E-state index in [1.165, 1.54) is 0 Å². The first-order valence-corrected chi connectivity index (χ1v) is 9.58. The molecule has 1 aromatic heterocycles. The number of nitrogens with one attached hydrogen (secondary N) is 2. The van der Waals surface area contributed by atoms with Crippen molar-refractivity contribution in [2.45, 2.75) is 20.8 Å². The van der Waals surface area contributed by atoms with Gasteiger partial charge in [-0.1, -0.05) is 35.0 Å². The Morgan fingerprint density at radius 3 is 2.57 bits per heavy atom. The van der Waals surface area contributed by atoms with E-state index in [-0.39, 0.29) is 31.5 Å². The van der Waals surface area contributed by atoms with Crippen molar-refractivity contribution in [3.05, 3.63) is 65.0 Å². The number of ether oxygens (including phenoxy) is 1. The van der Waals surface area contributed by atoms with Gasteiger partial charge in [0.25, 0.3) is 5.91 Å². The summed E-state index contributed by atoms with van der Waals surface area (Å²) in [6.45, 7) is 6.32. The van der Waals surface area contributed by atoms with Crippen LogP contribution < -0.4 is 15.4 Å². The first kappa shape index (κ1) is 21.0. The number of benzene rings is 2. The van der Waals surface area contributed by atoms with Crippen molar-refractivity contribution in [3.63, 3.8) is 0 Å². The smallest absolute Gasteiger partial charge is 0.316 e. The standard InChI is InChI=1S/C22H24N4O4/c1-14-5-4-6-17(11-14)20-25-22(30-26-20)21(28)24-10-9-23-19(27)13-29-18-8-7-15(2)16(3)12-18/h4-8,11-12H,9-10,13H2,1-3H3,(H,23,27)(H,24,28). The van der Waals surface area contributed by atoms with Gasteiger partial charge in [0.15, 0.2) is 6.61 Å². The van der Waals surface area contributed by atoms with E-state index in [2.05, 4.69) is 20.8 Å². The summed E-state index contributed by atoms with van der Waals surface area (Å²) in [5.41, 5.74) is 4.09. The quantitative estimate of drug-likeness (QED) is 0.555. The molecule has 8 nitrogen and oxygen atoms in total. The highest BCUT2D eigenvalue weighted by Gasteiger charge is 2.15. The molecule has 2 N–H and O–H groups in total. The van der Waals surface area contributed by atoms with Crippen LogP contribution >= 0.6 is 0 Å². The number of hydrogen-bond acceptors (Lipinski definition) is 6. The van der Waals surface area contributed by atoms with Gasteiger partial charge < -0.3 is 19.9 Å². The zero-order valence-electron chi connectivity index (χ0n) is 17.2. The van der Waals surface area contributed by atoms with Gasteiger partial charge in [-0.25, -0.2) is 0 Å². The summed E-state index contributed by atoms with van der Waals surface area (Å²) >= 11 is 0. The largest absolute Gasteiger partial charge is 0.484 e. The molecule has 30 heavy (non-hydrogen) atoms. The first-order chi connectivity index (χ1) is 14.4. The van der Waals surface area contributed by atoms with Gasteiger partial charge in [-0.2, -0.15) is 4.98 Å². The first-order valence-electron chi connectivity index (χ1n) is 9.58. The van der Waals surface area contributed by atoms with Gasteiger partial charge in [0.05, 0.1) is 0 Å². The van der Waals surface area contributed by atoms with Crippen LogP contribution in [-0.2, 0) is 4.79 Å². The van der Waals surface area contributed by atoms with Crippen molar-refractivity contribution in [1.82, 2.24) is 20.8 Å². The fourth-order valence-electron chi connectivity index (χ4n) is 2.67. The van der Waals surface area contributed by atoms with E-state index < -0.39 is 5.91 Å². The van der Waals surface area contributed by atoms with Crippen LogP contribution in [-0.4, -0.2) is 41.7 Å². The zero-order valence-corrected chi connectivity index (χ0v) is 17.2. The summed E-state index contributed by atoms with van der Waals surface area (Å²) in [5, 5.41) is 9.14. The number of amides is 2. The molecule has 2 amide bonds. The highest BCUT2D eigenvalue weighted by atomic mass is 16.5.